The van der Waals surface area contributed by atoms with Crippen molar-refractivity contribution in [3.8, 4) is 0 Å². The predicted molar refractivity (Wildman–Crippen MR) is 94.0 cm³/mol. The van der Waals surface area contributed by atoms with Crippen LogP contribution in [0.15, 0.2) is 41.9 Å². The lowest BCUT2D eigenvalue weighted by molar-refractivity contribution is 0.139. The van der Waals surface area contributed by atoms with Crippen LogP contribution in [0.3, 0.4) is 0 Å². The largest absolute Gasteiger partial charge is 0.491 e. The Labute approximate surface area is 139 Å². The molecule has 2 aliphatic rings. The fourth-order valence-corrected chi connectivity index (χ4v) is 5.40. The lowest BCUT2D eigenvalue weighted by Crippen LogP contribution is -2.33. The second-order valence-corrected chi connectivity index (χ2v) is 8.92. The number of rotatable bonds is 4. The van der Waals surface area contributed by atoms with Gasteiger partial charge in [-0.15, -0.1) is 0 Å². The van der Waals surface area contributed by atoms with Crippen molar-refractivity contribution in [1.82, 2.24) is 5.32 Å². The van der Waals surface area contributed by atoms with Gasteiger partial charge in [0, 0.05) is 0 Å². The van der Waals surface area contributed by atoms with E-state index < -0.39 is 7.72 Å². The molecule has 3 rings (SSSR count). The van der Waals surface area contributed by atoms with E-state index in [2.05, 4.69) is 17.4 Å². The van der Waals surface area contributed by atoms with E-state index >= 15 is 0 Å². The van der Waals surface area contributed by atoms with Crippen LogP contribution in [0.4, 0.5) is 0 Å². The second kappa shape index (κ2) is 7.76. The average Bonchev–Trinajstić information content (AvgIpc) is 2.56. The monoisotopic (exact) mass is 336 g/mol. The van der Waals surface area contributed by atoms with Crippen molar-refractivity contribution >= 4 is 7.72 Å². The van der Waals surface area contributed by atoms with Gasteiger partial charge in [0.05, 0.1) is 12.6 Å². The van der Waals surface area contributed by atoms with Gasteiger partial charge in [0.1, 0.15) is 18.5 Å². The normalized spacial score (nSPS) is 25.3. The Morgan fingerprint density at radius 3 is 2.52 bits per heavy atom. The number of ether oxygens (including phenoxy) is 1. The van der Waals surface area contributed by atoms with E-state index in [0.29, 0.717) is 31.0 Å². The average molecular weight is 336 g/mol. The third-order valence-electron chi connectivity index (χ3n) is 4.76. The number of nitrogens with one attached hydrogen (secondary N) is 1. The molecule has 1 heterocycles. The van der Waals surface area contributed by atoms with Crippen molar-refractivity contribution < 1.29 is 14.5 Å². The van der Waals surface area contributed by atoms with Gasteiger partial charge in [-0.3, -0.25) is 5.32 Å². The minimum absolute atomic E-state index is 0.164. The molecule has 1 aromatic rings. The Balaban J connectivity index is 1.54. The van der Waals surface area contributed by atoms with Crippen molar-refractivity contribution in [2.45, 2.75) is 38.1 Å². The highest BCUT2D eigenvalue weighted by Crippen LogP contribution is 2.55. The maximum absolute atomic E-state index is 10.4. The lowest BCUT2D eigenvalue weighted by atomic mass is 9.91. The Hall–Kier alpha value is -0.930. The van der Waals surface area contributed by atoms with Crippen molar-refractivity contribution in [1.29, 1.82) is 0 Å². The molecule has 1 saturated heterocycles. The van der Waals surface area contributed by atoms with Gasteiger partial charge in [-0.05, 0) is 24.3 Å². The molecule has 126 valence electrons. The first-order valence-corrected chi connectivity index (χ1v) is 10.5. The quantitative estimate of drug-likeness (QED) is 0.735. The molecule has 0 unspecified atom stereocenters. The number of benzene rings is 1. The Kier molecular flexibility index (Phi) is 5.71. The van der Waals surface area contributed by atoms with Crippen molar-refractivity contribution in [3.05, 3.63) is 47.5 Å². The molecule has 1 aliphatic heterocycles. The van der Waals surface area contributed by atoms with Crippen molar-refractivity contribution in [3.63, 3.8) is 0 Å². The summed E-state index contributed by atoms with van der Waals surface area (Å²) in [4.78, 5) is 20.8. The molecule has 0 bridgehead atoms. The zero-order valence-electron chi connectivity index (χ0n) is 13.5. The van der Waals surface area contributed by atoms with Crippen LogP contribution in [0.1, 0.15) is 43.7 Å². The first kappa shape index (κ1) is 16.9. The summed E-state index contributed by atoms with van der Waals surface area (Å²) in [5.74, 6) is 2.72. The van der Waals surface area contributed by atoms with Gasteiger partial charge >= 0.3 is 0 Å². The van der Waals surface area contributed by atoms with Gasteiger partial charge < -0.3 is 4.74 Å². The molecule has 0 amide bonds. The van der Waals surface area contributed by atoms with Crippen LogP contribution in [0.2, 0.25) is 0 Å². The highest BCUT2D eigenvalue weighted by Gasteiger charge is 2.37. The number of morpholine rings is 1. The van der Waals surface area contributed by atoms with E-state index in [1.165, 1.54) is 24.8 Å². The molecule has 1 atom stereocenters. The third-order valence-corrected chi connectivity index (χ3v) is 6.52. The summed E-state index contributed by atoms with van der Waals surface area (Å²) in [5.41, 5.74) is 1.20. The molecule has 23 heavy (non-hydrogen) atoms. The van der Waals surface area contributed by atoms with Gasteiger partial charge in [0.2, 0.25) is 0 Å². The first-order chi connectivity index (χ1) is 11.1. The van der Waals surface area contributed by atoms with E-state index in [1.54, 1.807) is 5.82 Å². The molecular formula is C18H27NO3P+. The lowest BCUT2D eigenvalue weighted by Gasteiger charge is -2.27. The minimum atomic E-state index is -3.00. The molecule has 0 radical (unpaired) electrons. The molecule has 1 saturated carbocycles. The number of hydrogen-bond donors (Lipinski definition) is 3. The Morgan fingerprint density at radius 2 is 1.87 bits per heavy atom. The van der Waals surface area contributed by atoms with Crippen molar-refractivity contribution in [2.24, 2.45) is 5.92 Å². The van der Waals surface area contributed by atoms with E-state index in [9.17, 15) is 9.79 Å². The topological polar surface area (TPSA) is 61.7 Å². The van der Waals surface area contributed by atoms with Crippen LogP contribution in [-0.4, -0.2) is 29.1 Å². The zero-order valence-corrected chi connectivity index (χ0v) is 14.4. The van der Waals surface area contributed by atoms with Crippen LogP contribution in [0, 0.1) is 5.92 Å². The summed E-state index contributed by atoms with van der Waals surface area (Å²) in [6.45, 7) is 1.08. The molecule has 2 fully saturated rings. The maximum Gasteiger partial charge on any atom is 0.296 e. The van der Waals surface area contributed by atoms with E-state index in [1.807, 2.05) is 18.2 Å². The fraction of sp³-hybridized carbons (Fsp3) is 0.556. The predicted octanol–water partition coefficient (Wildman–Crippen LogP) is 3.60. The standard InChI is InChI=1S/C18H27NO3P/c20-23(21,13-15-7-3-1-4-8-15)14-17-11-19-18(12-22-17)16-9-5-2-6-10-16/h2,5-6,9-10,14-15,18-21H,1,3-4,7-8,11-13H2/q+1/t18-/m1/s1. The third kappa shape index (κ3) is 5.02. The first-order valence-electron chi connectivity index (χ1n) is 8.58. The van der Waals surface area contributed by atoms with Gasteiger partial charge in [0.25, 0.3) is 7.72 Å². The second-order valence-electron chi connectivity index (χ2n) is 6.72. The smallest absolute Gasteiger partial charge is 0.296 e. The van der Waals surface area contributed by atoms with Crippen LogP contribution >= 0.6 is 7.72 Å². The molecule has 1 aromatic carbocycles. The van der Waals surface area contributed by atoms with E-state index in [0.717, 1.165) is 12.8 Å². The van der Waals surface area contributed by atoms with Gasteiger partial charge in [-0.25, -0.2) is 9.79 Å². The van der Waals surface area contributed by atoms with Gasteiger partial charge in [-0.2, -0.15) is 0 Å². The molecule has 0 spiro atoms. The molecular weight excluding hydrogens is 309 g/mol. The highest BCUT2D eigenvalue weighted by molar-refractivity contribution is 7.67. The molecule has 1 aliphatic carbocycles. The Morgan fingerprint density at radius 1 is 1.13 bits per heavy atom. The molecule has 5 heteroatoms. The van der Waals surface area contributed by atoms with Crippen LogP contribution in [0.25, 0.3) is 0 Å². The highest BCUT2D eigenvalue weighted by atomic mass is 31.2. The van der Waals surface area contributed by atoms with Crippen molar-refractivity contribution in [2.75, 3.05) is 19.3 Å². The summed E-state index contributed by atoms with van der Waals surface area (Å²) in [7, 11) is -3.00. The Bertz CT molecular complexity index is 516. The summed E-state index contributed by atoms with van der Waals surface area (Å²) >= 11 is 0. The minimum Gasteiger partial charge on any atom is -0.491 e. The SMILES string of the molecule is O[P+](O)(C=C1CN[C@@H](c2ccccc2)CO1)CC1CCCCC1. The fourth-order valence-electron chi connectivity index (χ4n) is 3.54. The molecule has 4 nitrogen and oxygen atoms in total. The van der Waals surface area contributed by atoms with Crippen LogP contribution < -0.4 is 5.32 Å². The van der Waals surface area contributed by atoms with Crippen LogP contribution in [-0.2, 0) is 4.74 Å². The maximum atomic E-state index is 10.4. The van der Waals surface area contributed by atoms with E-state index in [-0.39, 0.29) is 6.04 Å². The van der Waals surface area contributed by atoms with Gasteiger partial charge in [0.15, 0.2) is 5.82 Å². The van der Waals surface area contributed by atoms with Gasteiger partial charge in [-0.1, -0.05) is 49.6 Å². The zero-order chi connectivity index (χ0) is 16.1. The summed E-state index contributed by atoms with van der Waals surface area (Å²) in [6.07, 6.45) is 6.49. The number of hydrogen-bond acceptors (Lipinski definition) is 4. The summed E-state index contributed by atoms with van der Waals surface area (Å²) in [6, 6.07) is 10.4. The van der Waals surface area contributed by atoms with E-state index in [4.69, 9.17) is 4.74 Å². The molecule has 3 N–H and O–H groups in total. The summed E-state index contributed by atoms with van der Waals surface area (Å²) in [5, 5.41) is 3.41. The van der Waals surface area contributed by atoms with Crippen LogP contribution in [0.5, 0.6) is 0 Å². The molecule has 0 aromatic heterocycles. The summed E-state index contributed by atoms with van der Waals surface area (Å²) < 4.78 is 5.78.